The zero-order chi connectivity index (χ0) is 30.2. The first-order valence-corrected chi connectivity index (χ1v) is 14.5. The smallest absolute Gasteiger partial charge is 0.626 e. The number of carbonyl (C=O) groups excluding carboxylic acids is 1. The predicted octanol–water partition coefficient (Wildman–Crippen LogP) is 9.36. The van der Waals surface area contributed by atoms with Gasteiger partial charge in [0.15, 0.2) is 0 Å². The van der Waals surface area contributed by atoms with Gasteiger partial charge in [0.1, 0.15) is 0 Å². The molecular formula is C39H29BrN2OZr+2. The fourth-order valence-electron chi connectivity index (χ4n) is 4.18. The van der Waals surface area contributed by atoms with Gasteiger partial charge in [-0.2, -0.15) is 5.26 Å². The normalized spacial score (nSPS) is 15.1. The number of hydrogen-bond donors (Lipinski definition) is 0. The average molecular weight is 713 g/mol. The number of nitrogens with zero attached hydrogens (tertiary/aromatic N) is 2. The fraction of sp³-hybridized carbons (Fsp3) is 0.0256. The van der Waals surface area contributed by atoms with Gasteiger partial charge in [0, 0.05) is 10.0 Å². The number of halogens is 1. The zero-order valence-electron chi connectivity index (χ0n) is 23.9. The van der Waals surface area contributed by atoms with Crippen LogP contribution in [0.2, 0.25) is 0 Å². The second-order valence-corrected chi connectivity index (χ2v) is 10.2. The molecule has 2 aliphatic carbocycles. The molecular weight excluding hydrogens is 684 g/mol. The Morgan fingerprint density at radius 3 is 1.45 bits per heavy atom. The maximum absolute atomic E-state index is 13.3. The summed E-state index contributed by atoms with van der Waals surface area (Å²) >= 11 is 3.45. The summed E-state index contributed by atoms with van der Waals surface area (Å²) in [6.07, 6.45) is 23.4. The molecule has 0 spiro atoms. The molecule has 44 heavy (non-hydrogen) atoms. The molecule has 4 aromatic rings. The molecule has 2 aliphatic rings. The van der Waals surface area contributed by atoms with Crippen molar-refractivity contribution in [3.8, 4) is 6.07 Å². The van der Waals surface area contributed by atoms with Gasteiger partial charge in [-0.15, -0.1) is 41.5 Å². The molecule has 0 aromatic heterocycles. The predicted molar refractivity (Wildman–Crippen MR) is 177 cm³/mol. The topological polar surface area (TPSA) is 55.0 Å². The van der Waals surface area contributed by atoms with E-state index in [1.54, 1.807) is 24.3 Å². The van der Waals surface area contributed by atoms with Crippen molar-refractivity contribution in [2.75, 3.05) is 0 Å². The van der Waals surface area contributed by atoms with Crippen molar-refractivity contribution >= 4 is 27.4 Å². The Bertz CT molecular complexity index is 1430. The van der Waals surface area contributed by atoms with Crippen LogP contribution in [-0.2, 0) is 31.7 Å². The van der Waals surface area contributed by atoms with Crippen molar-refractivity contribution in [3.05, 3.63) is 218 Å². The summed E-state index contributed by atoms with van der Waals surface area (Å²) in [6.45, 7) is 0. The molecule has 0 bridgehead atoms. The third-order valence-electron chi connectivity index (χ3n) is 6.29. The van der Waals surface area contributed by atoms with Crippen molar-refractivity contribution in [1.29, 1.82) is 5.26 Å². The van der Waals surface area contributed by atoms with Crippen LogP contribution in [0, 0.1) is 81.6 Å². The molecule has 0 heterocycles. The summed E-state index contributed by atoms with van der Waals surface area (Å²) in [5.41, 5.74) is 1.44. The van der Waals surface area contributed by atoms with E-state index in [-0.39, 0.29) is 26.2 Å². The SMILES string of the molecule is N#CC([N-]C(=O)c1ccccc1)(C(=[C-]c1ccccc1)c1ccccc1)c1ccc(Br)cc1.[CH]1[CH][CH][CH][CH]1.[CH]1[CH][CH][CH][CH]1.[Zr+4]. The van der Waals surface area contributed by atoms with Crippen LogP contribution in [0.25, 0.3) is 10.9 Å². The van der Waals surface area contributed by atoms with E-state index in [1.165, 1.54) is 0 Å². The van der Waals surface area contributed by atoms with Crippen LogP contribution in [0.3, 0.4) is 0 Å². The Balaban J connectivity index is 0.000000406. The minimum absolute atomic E-state index is 0. The van der Waals surface area contributed by atoms with Crippen molar-refractivity contribution in [2.45, 2.75) is 5.54 Å². The van der Waals surface area contributed by atoms with E-state index < -0.39 is 11.4 Å². The molecule has 0 aliphatic heterocycles. The molecule has 3 nitrogen and oxygen atoms in total. The number of carbonyl (C=O) groups is 1. The second kappa shape index (κ2) is 19.4. The summed E-state index contributed by atoms with van der Waals surface area (Å²) in [5.74, 6) is -0.469. The Labute approximate surface area is 291 Å². The van der Waals surface area contributed by atoms with E-state index in [4.69, 9.17) is 0 Å². The van der Waals surface area contributed by atoms with Crippen LogP contribution in [0.1, 0.15) is 27.0 Å². The third kappa shape index (κ3) is 10.5. The largest absolute Gasteiger partial charge is 4.00 e. The molecule has 5 heteroatoms. The first kappa shape index (κ1) is 35.4. The molecule has 10 radical (unpaired) electrons. The van der Waals surface area contributed by atoms with E-state index >= 15 is 0 Å². The number of rotatable bonds is 6. The Morgan fingerprint density at radius 1 is 0.614 bits per heavy atom. The molecule has 0 N–H and O–H groups in total. The average Bonchev–Trinajstić information content (AvgIpc) is 3.85. The van der Waals surface area contributed by atoms with Gasteiger partial charge in [-0.25, -0.2) is 0 Å². The van der Waals surface area contributed by atoms with Crippen molar-refractivity contribution in [3.63, 3.8) is 0 Å². The molecule has 1 atom stereocenters. The summed E-state index contributed by atoms with van der Waals surface area (Å²) in [6, 6.07) is 37.5. The van der Waals surface area contributed by atoms with Crippen LogP contribution < -0.4 is 0 Å². The summed E-state index contributed by atoms with van der Waals surface area (Å²) in [4.78, 5) is 13.3. The van der Waals surface area contributed by atoms with Gasteiger partial charge in [0.25, 0.3) is 0 Å². The summed E-state index contributed by atoms with van der Waals surface area (Å²) in [5, 5.41) is 15.2. The number of nitriles is 1. The number of amides is 1. The minimum atomic E-state index is -1.61. The zero-order valence-corrected chi connectivity index (χ0v) is 28.0. The minimum Gasteiger partial charge on any atom is -0.626 e. The maximum atomic E-state index is 13.3. The monoisotopic (exact) mass is 710 g/mol. The van der Waals surface area contributed by atoms with Gasteiger partial charge < -0.3 is 10.1 Å². The van der Waals surface area contributed by atoms with Crippen molar-refractivity contribution in [1.82, 2.24) is 0 Å². The fourth-order valence-corrected chi connectivity index (χ4v) is 4.45. The summed E-state index contributed by atoms with van der Waals surface area (Å²) in [7, 11) is 0. The van der Waals surface area contributed by atoms with Gasteiger partial charge >= 0.3 is 26.2 Å². The Hall–Kier alpha value is -3.06. The van der Waals surface area contributed by atoms with Gasteiger partial charge in [0.2, 0.25) is 0 Å². The standard InChI is InChI=1S/C29H20BrN2O.2C5H5.Zr/c30-26-18-16-25(17-19-26)29(21-31,32-28(33)24-14-8-3-9-15-24)27(23-12-6-2-7-13-23)20-22-10-4-1-5-11-22;2*1-2-4-5-3-1;/h1-19H,(H,32,33);2*1-5H;/q-1;;;+4/p-1. The molecule has 210 valence electrons. The maximum Gasteiger partial charge on any atom is 4.00 e. The number of hydrogen-bond acceptors (Lipinski definition) is 2. The van der Waals surface area contributed by atoms with E-state index in [2.05, 4.69) is 33.4 Å². The van der Waals surface area contributed by atoms with Crippen LogP contribution >= 0.6 is 15.9 Å². The first-order chi connectivity index (χ1) is 21.1. The van der Waals surface area contributed by atoms with Crippen LogP contribution in [0.5, 0.6) is 0 Å². The molecule has 6 rings (SSSR count). The molecule has 4 aromatic carbocycles. The Kier molecular flexibility index (Phi) is 15.6. The molecule has 2 fully saturated rings. The second-order valence-electron chi connectivity index (χ2n) is 9.27. The Morgan fingerprint density at radius 2 is 1.02 bits per heavy atom. The van der Waals surface area contributed by atoms with E-state index in [0.717, 1.165) is 15.6 Å². The first-order valence-electron chi connectivity index (χ1n) is 13.7. The van der Waals surface area contributed by atoms with Crippen molar-refractivity contribution < 1.29 is 31.0 Å². The van der Waals surface area contributed by atoms with E-state index in [0.29, 0.717) is 16.7 Å². The molecule has 1 amide bonds. The van der Waals surface area contributed by atoms with Gasteiger partial charge in [-0.05, 0) is 87.5 Å². The van der Waals surface area contributed by atoms with Crippen molar-refractivity contribution in [2.24, 2.45) is 0 Å². The van der Waals surface area contributed by atoms with Crippen LogP contribution in [0.4, 0.5) is 0 Å². The van der Waals surface area contributed by atoms with Gasteiger partial charge in [-0.3, -0.25) is 0 Å². The third-order valence-corrected chi connectivity index (χ3v) is 6.82. The van der Waals surface area contributed by atoms with E-state index in [1.807, 2.05) is 155 Å². The van der Waals surface area contributed by atoms with Crippen LogP contribution in [0.15, 0.2) is 120 Å². The number of benzene rings is 4. The quantitative estimate of drug-likeness (QED) is 0.148. The molecule has 2 saturated carbocycles. The molecule has 0 saturated heterocycles. The summed E-state index contributed by atoms with van der Waals surface area (Å²) < 4.78 is 0.866. The molecule has 1 unspecified atom stereocenters. The van der Waals surface area contributed by atoms with Crippen LogP contribution in [-0.4, -0.2) is 5.91 Å². The van der Waals surface area contributed by atoms with Gasteiger partial charge in [-0.1, -0.05) is 100 Å². The van der Waals surface area contributed by atoms with E-state index in [9.17, 15) is 10.1 Å². The van der Waals surface area contributed by atoms with Gasteiger partial charge in [0.05, 0.1) is 12.0 Å².